The van der Waals surface area contributed by atoms with E-state index in [0.29, 0.717) is 16.5 Å². The first-order chi connectivity index (χ1) is 12.9. The molecule has 4 nitrogen and oxygen atoms in total. The van der Waals surface area contributed by atoms with Gasteiger partial charge in [-0.1, -0.05) is 55.8 Å². The predicted octanol–water partition coefficient (Wildman–Crippen LogP) is 4.71. The molecule has 0 heterocycles. The summed E-state index contributed by atoms with van der Waals surface area (Å²) in [4.78, 5) is 26.4. The molecule has 0 aliphatic rings. The van der Waals surface area contributed by atoms with E-state index in [1.807, 2.05) is 42.5 Å². The van der Waals surface area contributed by atoms with Crippen molar-refractivity contribution in [3.05, 3.63) is 70.7 Å². The van der Waals surface area contributed by atoms with E-state index < -0.39 is 0 Å². The van der Waals surface area contributed by atoms with Crippen molar-refractivity contribution in [1.29, 1.82) is 0 Å². The van der Waals surface area contributed by atoms with E-state index in [2.05, 4.69) is 19.2 Å². The summed E-state index contributed by atoms with van der Waals surface area (Å²) in [5, 5.41) is 3.74. The Morgan fingerprint density at radius 2 is 1.63 bits per heavy atom. The number of nitrogens with zero attached hydrogens (tertiary/aromatic N) is 1. The van der Waals surface area contributed by atoms with Gasteiger partial charge in [-0.05, 0) is 48.6 Å². The van der Waals surface area contributed by atoms with Gasteiger partial charge in [-0.25, -0.2) is 0 Å². The molecule has 0 saturated carbocycles. The van der Waals surface area contributed by atoms with Crippen molar-refractivity contribution in [2.24, 2.45) is 5.92 Å². The van der Waals surface area contributed by atoms with Crippen LogP contribution in [0.25, 0.3) is 0 Å². The van der Waals surface area contributed by atoms with Gasteiger partial charge in [-0.15, -0.1) is 0 Å². The molecule has 0 radical (unpaired) electrons. The fourth-order valence-corrected chi connectivity index (χ4v) is 2.97. The van der Waals surface area contributed by atoms with Gasteiger partial charge in [0.2, 0.25) is 5.91 Å². The van der Waals surface area contributed by atoms with E-state index in [4.69, 9.17) is 11.6 Å². The van der Waals surface area contributed by atoms with Gasteiger partial charge in [0.05, 0.1) is 12.6 Å². The minimum Gasteiger partial charge on any atom is -0.348 e. The van der Waals surface area contributed by atoms with Gasteiger partial charge in [-0.2, -0.15) is 0 Å². The van der Waals surface area contributed by atoms with Crippen LogP contribution in [0.3, 0.4) is 0 Å². The molecule has 0 bridgehead atoms. The number of carbonyl (C=O) groups excluding carboxylic acids is 2. The smallest absolute Gasteiger partial charge is 0.254 e. The number of halogens is 1. The fraction of sp³-hybridized carbons (Fsp3) is 0.364. The van der Waals surface area contributed by atoms with Crippen molar-refractivity contribution in [2.75, 3.05) is 13.6 Å². The molecule has 0 aromatic heterocycles. The standard InChI is InChI=1S/C22H27ClN2O2/c1-16(2)9-14-20(17-10-12-19(23)13-11-17)24-21(26)15-25(3)22(27)18-7-5-4-6-8-18/h4-8,10-13,16,20H,9,14-15H2,1-3H3,(H,24,26). The summed E-state index contributed by atoms with van der Waals surface area (Å²) in [5.41, 5.74) is 1.59. The van der Waals surface area contributed by atoms with Gasteiger partial charge in [0.25, 0.3) is 5.91 Å². The lowest BCUT2D eigenvalue weighted by Crippen LogP contribution is -2.40. The number of nitrogens with one attached hydrogen (secondary N) is 1. The van der Waals surface area contributed by atoms with Crippen molar-refractivity contribution < 1.29 is 9.59 Å². The zero-order valence-electron chi connectivity index (χ0n) is 16.1. The molecule has 0 spiro atoms. The summed E-state index contributed by atoms with van der Waals surface area (Å²) in [5.74, 6) is 0.195. The van der Waals surface area contributed by atoms with Crippen LogP contribution in [0.2, 0.25) is 5.02 Å². The number of hydrogen-bond acceptors (Lipinski definition) is 2. The first-order valence-electron chi connectivity index (χ1n) is 9.22. The molecule has 2 aromatic carbocycles. The molecule has 0 fully saturated rings. The second-order valence-corrected chi connectivity index (χ2v) is 7.61. The Labute approximate surface area is 166 Å². The third kappa shape index (κ3) is 6.72. The van der Waals surface area contributed by atoms with Gasteiger partial charge >= 0.3 is 0 Å². The summed E-state index contributed by atoms with van der Waals surface area (Å²) < 4.78 is 0. The summed E-state index contributed by atoms with van der Waals surface area (Å²) >= 11 is 5.98. The number of likely N-dealkylation sites (N-methyl/N-ethyl adjacent to an activating group) is 1. The first-order valence-corrected chi connectivity index (χ1v) is 9.60. The van der Waals surface area contributed by atoms with Crippen LogP contribution in [0.1, 0.15) is 48.7 Å². The maximum atomic E-state index is 12.6. The number of carbonyl (C=O) groups is 2. The van der Waals surface area contributed by atoms with E-state index in [1.165, 1.54) is 4.90 Å². The highest BCUT2D eigenvalue weighted by Crippen LogP contribution is 2.22. The second kappa shape index (κ2) is 10.1. The molecule has 0 saturated heterocycles. The summed E-state index contributed by atoms with van der Waals surface area (Å²) in [6.45, 7) is 4.33. The largest absolute Gasteiger partial charge is 0.348 e. The Hall–Kier alpha value is -2.33. The van der Waals surface area contributed by atoms with Crippen molar-refractivity contribution in [3.63, 3.8) is 0 Å². The van der Waals surface area contributed by atoms with E-state index in [0.717, 1.165) is 18.4 Å². The Morgan fingerprint density at radius 3 is 2.22 bits per heavy atom. The van der Waals surface area contributed by atoms with Crippen LogP contribution in [-0.2, 0) is 4.79 Å². The van der Waals surface area contributed by atoms with Gasteiger partial charge in [0, 0.05) is 17.6 Å². The highest BCUT2D eigenvalue weighted by molar-refractivity contribution is 6.30. The highest BCUT2D eigenvalue weighted by atomic mass is 35.5. The average molecular weight is 387 g/mol. The third-order valence-corrected chi connectivity index (χ3v) is 4.64. The van der Waals surface area contributed by atoms with E-state index >= 15 is 0 Å². The number of benzene rings is 2. The second-order valence-electron chi connectivity index (χ2n) is 7.17. The normalized spacial score (nSPS) is 11.9. The number of amides is 2. The molecule has 1 N–H and O–H groups in total. The van der Waals surface area contributed by atoms with Crippen molar-refractivity contribution in [1.82, 2.24) is 10.2 Å². The van der Waals surface area contributed by atoms with E-state index in [1.54, 1.807) is 19.2 Å². The summed E-state index contributed by atoms with van der Waals surface area (Å²) in [6, 6.07) is 16.4. The molecule has 144 valence electrons. The summed E-state index contributed by atoms with van der Waals surface area (Å²) in [7, 11) is 1.64. The van der Waals surface area contributed by atoms with Gasteiger partial charge in [0.15, 0.2) is 0 Å². The lowest BCUT2D eigenvalue weighted by Gasteiger charge is -2.23. The summed E-state index contributed by atoms with van der Waals surface area (Å²) in [6.07, 6.45) is 1.83. The fourth-order valence-electron chi connectivity index (χ4n) is 2.85. The van der Waals surface area contributed by atoms with Crippen LogP contribution < -0.4 is 5.32 Å². The lowest BCUT2D eigenvalue weighted by atomic mass is 9.97. The minimum atomic E-state index is -0.175. The van der Waals surface area contributed by atoms with E-state index in [-0.39, 0.29) is 24.4 Å². The lowest BCUT2D eigenvalue weighted by molar-refractivity contribution is -0.122. The van der Waals surface area contributed by atoms with Gasteiger partial charge in [0.1, 0.15) is 0 Å². The molecule has 27 heavy (non-hydrogen) atoms. The Balaban J connectivity index is 2.01. The Bertz CT molecular complexity index is 745. The molecular weight excluding hydrogens is 360 g/mol. The maximum Gasteiger partial charge on any atom is 0.254 e. The van der Waals surface area contributed by atoms with Crippen LogP contribution in [-0.4, -0.2) is 30.3 Å². The molecule has 2 aromatic rings. The molecule has 2 amide bonds. The van der Waals surface area contributed by atoms with Crippen LogP contribution in [0.15, 0.2) is 54.6 Å². The first kappa shape index (κ1) is 21.0. The highest BCUT2D eigenvalue weighted by Gasteiger charge is 2.19. The van der Waals surface area contributed by atoms with Crippen molar-refractivity contribution >= 4 is 23.4 Å². The molecule has 1 atom stereocenters. The SMILES string of the molecule is CC(C)CCC(NC(=O)CN(C)C(=O)c1ccccc1)c1ccc(Cl)cc1. The molecular formula is C22H27ClN2O2. The maximum absolute atomic E-state index is 12.6. The van der Waals surface area contributed by atoms with Crippen LogP contribution >= 0.6 is 11.6 Å². The van der Waals surface area contributed by atoms with Crippen LogP contribution in [0.5, 0.6) is 0 Å². The van der Waals surface area contributed by atoms with E-state index in [9.17, 15) is 9.59 Å². The van der Waals surface area contributed by atoms with Crippen molar-refractivity contribution in [3.8, 4) is 0 Å². The Morgan fingerprint density at radius 1 is 1.00 bits per heavy atom. The van der Waals surface area contributed by atoms with Crippen molar-refractivity contribution in [2.45, 2.75) is 32.7 Å². The predicted molar refractivity (Wildman–Crippen MR) is 110 cm³/mol. The zero-order valence-corrected chi connectivity index (χ0v) is 16.9. The molecule has 0 aliphatic carbocycles. The third-order valence-electron chi connectivity index (χ3n) is 4.39. The van der Waals surface area contributed by atoms with Gasteiger partial charge in [-0.3, -0.25) is 9.59 Å². The molecule has 1 unspecified atom stereocenters. The quantitative estimate of drug-likeness (QED) is 0.714. The molecule has 0 aliphatic heterocycles. The Kier molecular flexibility index (Phi) is 7.86. The monoisotopic (exact) mass is 386 g/mol. The molecule has 5 heteroatoms. The average Bonchev–Trinajstić information content (AvgIpc) is 2.65. The number of rotatable bonds is 8. The zero-order chi connectivity index (χ0) is 19.8. The number of hydrogen-bond donors (Lipinski definition) is 1. The molecule has 2 rings (SSSR count). The van der Waals surface area contributed by atoms with Gasteiger partial charge < -0.3 is 10.2 Å². The minimum absolute atomic E-state index is 0.0134. The topological polar surface area (TPSA) is 49.4 Å². The van der Waals surface area contributed by atoms with Crippen LogP contribution in [0.4, 0.5) is 0 Å². The van der Waals surface area contributed by atoms with Crippen LogP contribution in [0, 0.1) is 5.92 Å².